The highest BCUT2D eigenvalue weighted by atomic mass is 32.2. The van der Waals surface area contributed by atoms with E-state index in [4.69, 9.17) is 0 Å². The fourth-order valence-corrected chi connectivity index (χ4v) is 4.24. The second-order valence-corrected chi connectivity index (χ2v) is 7.51. The highest BCUT2D eigenvalue weighted by Gasteiger charge is 2.27. The number of sulfone groups is 1. The molecule has 0 aromatic rings. The van der Waals surface area contributed by atoms with Gasteiger partial charge in [-0.1, -0.05) is 6.92 Å². The van der Waals surface area contributed by atoms with Crippen LogP contribution in [0.2, 0.25) is 0 Å². The molecule has 1 aliphatic heterocycles. The summed E-state index contributed by atoms with van der Waals surface area (Å²) in [4.78, 5) is 0. The van der Waals surface area contributed by atoms with Crippen LogP contribution in [-0.2, 0) is 9.84 Å². The zero-order valence-electron chi connectivity index (χ0n) is 9.41. The molecule has 2 atom stereocenters. The smallest absolute Gasteiger partial charge is 0.150 e. The minimum atomic E-state index is -2.70. The molecule has 0 aromatic carbocycles. The summed E-state index contributed by atoms with van der Waals surface area (Å²) in [7, 11) is -2.70. The average Bonchev–Trinajstić information content (AvgIpc) is 2.55. The molecular weight excluding hydrogens is 210 g/mol. The van der Waals surface area contributed by atoms with Crippen LogP contribution in [0, 0.1) is 5.92 Å². The van der Waals surface area contributed by atoms with E-state index < -0.39 is 9.84 Å². The molecule has 2 rings (SSSR count). The third-order valence-corrected chi connectivity index (χ3v) is 5.44. The van der Waals surface area contributed by atoms with Gasteiger partial charge in [-0.3, -0.25) is 0 Å². The summed E-state index contributed by atoms with van der Waals surface area (Å²) < 4.78 is 22.5. The minimum Gasteiger partial charge on any atom is -0.311 e. The Morgan fingerprint density at radius 3 is 2.20 bits per heavy atom. The molecule has 0 bridgehead atoms. The predicted molar refractivity (Wildman–Crippen MR) is 61.6 cm³/mol. The predicted octanol–water partition coefficient (Wildman–Crippen LogP) is 1.34. The number of rotatable bonds is 2. The Balaban J connectivity index is 1.77. The van der Waals surface area contributed by atoms with Gasteiger partial charge in [0.25, 0.3) is 0 Å². The lowest BCUT2D eigenvalue weighted by atomic mass is 10.1. The molecule has 1 saturated heterocycles. The van der Waals surface area contributed by atoms with Gasteiger partial charge in [0.05, 0.1) is 11.5 Å². The van der Waals surface area contributed by atoms with Crippen molar-refractivity contribution in [1.29, 1.82) is 0 Å². The standard InChI is InChI=1S/C11H21NO2S/c1-9-2-3-11(8-9)12-10-4-6-15(13,14)7-5-10/h9-12H,2-8H2,1H3. The normalized spacial score (nSPS) is 36.9. The molecule has 3 nitrogen and oxygen atoms in total. The highest BCUT2D eigenvalue weighted by molar-refractivity contribution is 7.91. The minimum absolute atomic E-state index is 0.382. The summed E-state index contributed by atoms with van der Waals surface area (Å²) in [6.45, 7) is 2.30. The van der Waals surface area contributed by atoms with Gasteiger partial charge in [-0.05, 0) is 38.0 Å². The van der Waals surface area contributed by atoms with Crippen LogP contribution in [0.5, 0.6) is 0 Å². The van der Waals surface area contributed by atoms with Crippen molar-refractivity contribution in [3.63, 3.8) is 0 Å². The van der Waals surface area contributed by atoms with Crippen LogP contribution < -0.4 is 5.32 Å². The van der Waals surface area contributed by atoms with Crippen LogP contribution in [0.4, 0.5) is 0 Å². The number of hydrogen-bond acceptors (Lipinski definition) is 3. The largest absolute Gasteiger partial charge is 0.311 e. The van der Waals surface area contributed by atoms with E-state index in [9.17, 15) is 8.42 Å². The first kappa shape index (κ1) is 11.4. The van der Waals surface area contributed by atoms with E-state index in [0.717, 1.165) is 18.8 Å². The van der Waals surface area contributed by atoms with Crippen molar-refractivity contribution in [3.05, 3.63) is 0 Å². The summed E-state index contributed by atoms with van der Waals surface area (Å²) in [6, 6.07) is 1.09. The summed E-state index contributed by atoms with van der Waals surface area (Å²) in [6.07, 6.45) is 5.48. The lowest BCUT2D eigenvalue weighted by Crippen LogP contribution is -2.42. The van der Waals surface area contributed by atoms with Crippen molar-refractivity contribution in [2.45, 2.75) is 51.1 Å². The lowest BCUT2D eigenvalue weighted by Gasteiger charge is -2.26. The van der Waals surface area contributed by atoms with Gasteiger partial charge in [0.15, 0.2) is 0 Å². The molecule has 88 valence electrons. The van der Waals surface area contributed by atoms with E-state index in [1.165, 1.54) is 19.3 Å². The van der Waals surface area contributed by atoms with Gasteiger partial charge in [0, 0.05) is 12.1 Å². The van der Waals surface area contributed by atoms with Gasteiger partial charge < -0.3 is 5.32 Å². The molecule has 4 heteroatoms. The van der Waals surface area contributed by atoms with E-state index in [-0.39, 0.29) is 0 Å². The van der Waals surface area contributed by atoms with Gasteiger partial charge in [0.2, 0.25) is 0 Å². The molecule has 0 spiro atoms. The van der Waals surface area contributed by atoms with Gasteiger partial charge in [-0.25, -0.2) is 8.42 Å². The summed E-state index contributed by atoms with van der Waals surface area (Å²) >= 11 is 0. The van der Waals surface area contributed by atoms with Crippen LogP contribution in [0.25, 0.3) is 0 Å². The van der Waals surface area contributed by atoms with Crippen LogP contribution in [-0.4, -0.2) is 32.0 Å². The van der Waals surface area contributed by atoms with Crippen molar-refractivity contribution in [1.82, 2.24) is 5.32 Å². The van der Waals surface area contributed by atoms with E-state index in [2.05, 4.69) is 12.2 Å². The van der Waals surface area contributed by atoms with Crippen molar-refractivity contribution in [2.75, 3.05) is 11.5 Å². The monoisotopic (exact) mass is 231 g/mol. The molecule has 1 N–H and O–H groups in total. The van der Waals surface area contributed by atoms with E-state index in [0.29, 0.717) is 23.6 Å². The summed E-state index contributed by atoms with van der Waals surface area (Å²) in [5.74, 6) is 1.61. The quantitative estimate of drug-likeness (QED) is 0.780. The molecule has 1 heterocycles. The van der Waals surface area contributed by atoms with E-state index in [1.54, 1.807) is 0 Å². The lowest BCUT2D eigenvalue weighted by molar-refractivity contribution is 0.395. The first-order valence-corrected chi connectivity index (χ1v) is 7.84. The van der Waals surface area contributed by atoms with E-state index >= 15 is 0 Å². The first-order valence-electron chi connectivity index (χ1n) is 6.01. The van der Waals surface area contributed by atoms with Gasteiger partial charge in [-0.15, -0.1) is 0 Å². The molecule has 0 aromatic heterocycles. The molecular formula is C11H21NO2S. The third-order valence-electron chi connectivity index (χ3n) is 3.72. The number of hydrogen-bond donors (Lipinski definition) is 1. The molecule has 2 aliphatic rings. The zero-order valence-corrected chi connectivity index (χ0v) is 10.2. The zero-order chi connectivity index (χ0) is 10.9. The molecule has 1 saturated carbocycles. The second-order valence-electron chi connectivity index (χ2n) is 5.21. The van der Waals surface area contributed by atoms with Gasteiger partial charge >= 0.3 is 0 Å². The van der Waals surface area contributed by atoms with Crippen molar-refractivity contribution in [3.8, 4) is 0 Å². The van der Waals surface area contributed by atoms with E-state index in [1.807, 2.05) is 0 Å². The summed E-state index contributed by atoms with van der Waals surface area (Å²) in [5.41, 5.74) is 0. The summed E-state index contributed by atoms with van der Waals surface area (Å²) in [5, 5.41) is 3.62. The fraction of sp³-hybridized carbons (Fsp3) is 1.00. The topological polar surface area (TPSA) is 46.2 Å². The first-order chi connectivity index (χ1) is 7.05. The molecule has 2 unspecified atom stereocenters. The Hall–Kier alpha value is -0.0900. The van der Waals surface area contributed by atoms with Crippen LogP contribution in [0.15, 0.2) is 0 Å². The van der Waals surface area contributed by atoms with Crippen molar-refractivity contribution in [2.24, 2.45) is 5.92 Å². The number of nitrogens with one attached hydrogen (secondary N) is 1. The Morgan fingerprint density at radius 1 is 1.00 bits per heavy atom. The van der Waals surface area contributed by atoms with Gasteiger partial charge in [-0.2, -0.15) is 0 Å². The SMILES string of the molecule is CC1CCC(NC2CCS(=O)(=O)CC2)C1. The van der Waals surface area contributed by atoms with Crippen LogP contribution in [0.1, 0.15) is 39.0 Å². The fourth-order valence-electron chi connectivity index (χ4n) is 2.75. The van der Waals surface area contributed by atoms with Crippen LogP contribution >= 0.6 is 0 Å². The maximum Gasteiger partial charge on any atom is 0.150 e. The Bertz CT molecular complexity index is 299. The second kappa shape index (κ2) is 4.42. The highest BCUT2D eigenvalue weighted by Crippen LogP contribution is 2.26. The Labute approximate surface area is 92.6 Å². The average molecular weight is 231 g/mol. The third kappa shape index (κ3) is 3.18. The maximum atomic E-state index is 11.3. The molecule has 0 radical (unpaired) electrons. The molecule has 1 aliphatic carbocycles. The maximum absolute atomic E-state index is 11.3. The van der Waals surface area contributed by atoms with Gasteiger partial charge in [0.1, 0.15) is 9.84 Å². The Kier molecular flexibility index (Phi) is 3.36. The molecule has 0 amide bonds. The molecule has 15 heavy (non-hydrogen) atoms. The van der Waals surface area contributed by atoms with Crippen molar-refractivity contribution >= 4 is 9.84 Å². The van der Waals surface area contributed by atoms with Crippen molar-refractivity contribution < 1.29 is 8.42 Å². The molecule has 2 fully saturated rings. The Morgan fingerprint density at radius 2 is 1.67 bits per heavy atom. The van der Waals surface area contributed by atoms with Crippen LogP contribution in [0.3, 0.4) is 0 Å².